The van der Waals surface area contributed by atoms with Crippen molar-refractivity contribution in [3.8, 4) is 0 Å². The van der Waals surface area contributed by atoms with Crippen LogP contribution in [0.25, 0.3) is 0 Å². The number of benzene rings is 2. The number of rotatable bonds is 4. The smallest absolute Gasteiger partial charge is 0.207 e. The number of hydrogen-bond acceptors (Lipinski definition) is 2. The van der Waals surface area contributed by atoms with Crippen LogP contribution in [0.1, 0.15) is 5.56 Å². The van der Waals surface area contributed by atoms with E-state index in [0.29, 0.717) is 17.7 Å². The van der Waals surface area contributed by atoms with Crippen LogP contribution in [0.4, 0.5) is 13.2 Å². The van der Waals surface area contributed by atoms with Crippen molar-refractivity contribution in [2.24, 2.45) is 0 Å². The summed E-state index contributed by atoms with van der Waals surface area (Å²) in [6.45, 7) is -0.155. The van der Waals surface area contributed by atoms with Gasteiger partial charge in [0.1, 0.15) is 17.5 Å². The molecule has 2 aromatic rings. The van der Waals surface area contributed by atoms with Crippen molar-refractivity contribution in [1.82, 2.24) is 4.72 Å². The highest BCUT2D eigenvalue weighted by Gasteiger charge is 2.24. The van der Waals surface area contributed by atoms with Crippen LogP contribution in [0.15, 0.2) is 45.8 Å². The van der Waals surface area contributed by atoms with Crippen molar-refractivity contribution in [3.05, 3.63) is 63.9 Å². The average molecular weight is 380 g/mol. The van der Waals surface area contributed by atoms with Gasteiger partial charge in [0.05, 0.1) is 0 Å². The van der Waals surface area contributed by atoms with Crippen LogP contribution < -0.4 is 4.72 Å². The third-order valence-corrected chi connectivity index (χ3v) is 4.53. The fourth-order valence-corrected chi connectivity index (χ4v) is 3.26. The Morgan fingerprint density at radius 2 is 1.67 bits per heavy atom. The zero-order chi connectivity index (χ0) is 15.6. The van der Waals surface area contributed by atoms with Gasteiger partial charge in [-0.05, 0) is 17.7 Å². The Kier molecular flexibility index (Phi) is 4.70. The summed E-state index contributed by atoms with van der Waals surface area (Å²) < 4.78 is 66.4. The molecule has 0 aliphatic rings. The predicted octanol–water partition coefficient (Wildman–Crippen LogP) is 3.34. The summed E-state index contributed by atoms with van der Waals surface area (Å²) in [6.07, 6.45) is 0. The SMILES string of the molecule is O=S(=O)(NCc1cccc(Br)c1)c1c(F)cc(F)cc1F. The van der Waals surface area contributed by atoms with Crippen LogP contribution >= 0.6 is 15.9 Å². The normalized spacial score (nSPS) is 11.6. The van der Waals surface area contributed by atoms with E-state index in [1.807, 2.05) is 0 Å². The lowest BCUT2D eigenvalue weighted by Crippen LogP contribution is -2.25. The monoisotopic (exact) mass is 379 g/mol. The molecule has 0 aliphatic heterocycles. The minimum absolute atomic E-state index is 0.155. The molecule has 2 rings (SSSR count). The van der Waals surface area contributed by atoms with Gasteiger partial charge in [-0.3, -0.25) is 0 Å². The van der Waals surface area contributed by atoms with Crippen molar-refractivity contribution in [2.75, 3.05) is 0 Å². The molecule has 1 N–H and O–H groups in total. The first kappa shape index (κ1) is 16.0. The van der Waals surface area contributed by atoms with Crippen LogP contribution in [-0.4, -0.2) is 8.42 Å². The Hall–Kier alpha value is -1.38. The minimum Gasteiger partial charge on any atom is -0.207 e. The van der Waals surface area contributed by atoms with Gasteiger partial charge < -0.3 is 0 Å². The molecular formula is C13H9BrF3NO2S. The van der Waals surface area contributed by atoms with E-state index < -0.39 is 32.4 Å². The third kappa shape index (κ3) is 3.84. The van der Waals surface area contributed by atoms with E-state index in [-0.39, 0.29) is 6.54 Å². The topological polar surface area (TPSA) is 46.2 Å². The van der Waals surface area contributed by atoms with E-state index in [1.54, 1.807) is 24.3 Å². The summed E-state index contributed by atoms with van der Waals surface area (Å²) in [5.41, 5.74) is 0.593. The van der Waals surface area contributed by atoms with Crippen LogP contribution in [0, 0.1) is 17.5 Å². The predicted molar refractivity (Wildman–Crippen MR) is 74.5 cm³/mol. The van der Waals surface area contributed by atoms with Gasteiger partial charge in [-0.15, -0.1) is 0 Å². The van der Waals surface area contributed by atoms with Gasteiger partial charge in [0.15, 0.2) is 4.90 Å². The van der Waals surface area contributed by atoms with Gasteiger partial charge in [0, 0.05) is 23.2 Å². The molecule has 0 radical (unpaired) electrons. The fraction of sp³-hybridized carbons (Fsp3) is 0.0769. The van der Waals surface area contributed by atoms with Gasteiger partial charge in [0.25, 0.3) is 0 Å². The maximum atomic E-state index is 13.5. The largest absolute Gasteiger partial charge is 0.246 e. The van der Waals surface area contributed by atoms with Crippen LogP contribution in [0.3, 0.4) is 0 Å². The van der Waals surface area contributed by atoms with E-state index in [9.17, 15) is 21.6 Å². The molecule has 0 aromatic heterocycles. The van der Waals surface area contributed by atoms with Crippen molar-refractivity contribution < 1.29 is 21.6 Å². The molecular weight excluding hydrogens is 371 g/mol. The van der Waals surface area contributed by atoms with Crippen molar-refractivity contribution in [2.45, 2.75) is 11.4 Å². The van der Waals surface area contributed by atoms with Gasteiger partial charge in [-0.1, -0.05) is 28.1 Å². The average Bonchev–Trinajstić information content (AvgIpc) is 2.35. The minimum atomic E-state index is -4.43. The summed E-state index contributed by atoms with van der Waals surface area (Å²) in [4.78, 5) is -1.20. The second-order valence-corrected chi connectivity index (χ2v) is 6.77. The molecule has 3 nitrogen and oxygen atoms in total. The highest BCUT2D eigenvalue weighted by molar-refractivity contribution is 9.10. The van der Waals surface area contributed by atoms with Crippen molar-refractivity contribution >= 4 is 26.0 Å². The molecule has 0 spiro atoms. The highest BCUT2D eigenvalue weighted by Crippen LogP contribution is 2.20. The molecule has 0 saturated carbocycles. The van der Waals surface area contributed by atoms with E-state index in [4.69, 9.17) is 0 Å². The standard InChI is InChI=1S/C13H9BrF3NO2S/c14-9-3-1-2-8(4-9)7-18-21(19,20)13-11(16)5-10(15)6-12(13)17/h1-6,18H,7H2. The van der Waals surface area contributed by atoms with Crippen LogP contribution in [0.2, 0.25) is 0 Å². The third-order valence-electron chi connectivity index (χ3n) is 2.59. The summed E-state index contributed by atoms with van der Waals surface area (Å²) in [5.74, 6) is -4.14. The molecule has 0 amide bonds. The summed E-state index contributed by atoms with van der Waals surface area (Å²) in [6, 6.07) is 7.36. The lowest BCUT2D eigenvalue weighted by atomic mass is 10.2. The van der Waals surface area contributed by atoms with Crippen molar-refractivity contribution in [1.29, 1.82) is 0 Å². The molecule has 0 atom stereocenters. The molecule has 0 heterocycles. The lowest BCUT2D eigenvalue weighted by molar-refractivity contribution is 0.493. The molecule has 8 heteroatoms. The summed E-state index contributed by atoms with van der Waals surface area (Å²) >= 11 is 3.22. The Labute approximate surface area is 128 Å². The van der Waals surface area contributed by atoms with E-state index in [2.05, 4.69) is 20.7 Å². The Morgan fingerprint density at radius 1 is 1.05 bits per heavy atom. The number of halogens is 4. The van der Waals surface area contributed by atoms with Gasteiger partial charge in [0.2, 0.25) is 10.0 Å². The zero-order valence-corrected chi connectivity index (χ0v) is 12.8. The molecule has 0 saturated heterocycles. The Bertz CT molecular complexity index is 758. The molecule has 0 unspecified atom stereocenters. The first-order valence-electron chi connectivity index (χ1n) is 5.68. The first-order valence-corrected chi connectivity index (χ1v) is 7.96. The molecule has 21 heavy (non-hydrogen) atoms. The lowest BCUT2D eigenvalue weighted by Gasteiger charge is -2.09. The molecule has 2 aromatic carbocycles. The molecule has 0 fully saturated rings. The van der Waals surface area contributed by atoms with Crippen molar-refractivity contribution in [3.63, 3.8) is 0 Å². The zero-order valence-electron chi connectivity index (χ0n) is 10.4. The van der Waals surface area contributed by atoms with E-state index in [1.165, 1.54) is 0 Å². The van der Waals surface area contributed by atoms with Crippen LogP contribution in [0.5, 0.6) is 0 Å². The number of sulfonamides is 1. The Balaban J connectivity index is 2.27. The highest BCUT2D eigenvalue weighted by atomic mass is 79.9. The van der Waals surface area contributed by atoms with Gasteiger partial charge in [-0.25, -0.2) is 26.3 Å². The fourth-order valence-electron chi connectivity index (χ4n) is 1.68. The number of hydrogen-bond donors (Lipinski definition) is 1. The second-order valence-electron chi connectivity index (χ2n) is 4.15. The summed E-state index contributed by atoms with van der Waals surface area (Å²) in [7, 11) is -4.43. The maximum absolute atomic E-state index is 13.5. The van der Waals surface area contributed by atoms with Gasteiger partial charge in [-0.2, -0.15) is 0 Å². The summed E-state index contributed by atoms with van der Waals surface area (Å²) in [5, 5.41) is 0. The quantitative estimate of drug-likeness (QED) is 0.885. The second kappa shape index (κ2) is 6.17. The molecule has 0 aliphatic carbocycles. The van der Waals surface area contributed by atoms with E-state index >= 15 is 0 Å². The molecule has 0 bridgehead atoms. The first-order chi connectivity index (χ1) is 9.79. The van der Waals surface area contributed by atoms with Crippen LogP contribution in [-0.2, 0) is 16.6 Å². The maximum Gasteiger partial charge on any atom is 0.246 e. The Morgan fingerprint density at radius 3 is 2.24 bits per heavy atom. The van der Waals surface area contributed by atoms with Gasteiger partial charge >= 0.3 is 0 Å². The molecule has 112 valence electrons. The number of nitrogens with one attached hydrogen (secondary N) is 1. The van der Waals surface area contributed by atoms with E-state index in [0.717, 1.165) is 4.47 Å².